The van der Waals surface area contributed by atoms with Gasteiger partial charge in [0.15, 0.2) is 0 Å². The predicted molar refractivity (Wildman–Crippen MR) is 127 cm³/mol. The van der Waals surface area contributed by atoms with Gasteiger partial charge in [0.05, 0.1) is 6.54 Å². The molecule has 176 valence electrons. The number of rotatable bonds is 6. The second kappa shape index (κ2) is 9.03. The first-order valence-electron chi connectivity index (χ1n) is 13.1. The summed E-state index contributed by atoms with van der Waals surface area (Å²) in [5.41, 5.74) is 5.83. The number of amidine groups is 1. The topological polar surface area (TPSA) is 84.7 Å². The van der Waals surface area contributed by atoms with Crippen LogP contribution in [0.15, 0.2) is 5.10 Å². The maximum absolute atomic E-state index is 13.3. The molecular weight excluding hydrogens is 384 g/mol. The second-order valence-corrected chi connectivity index (χ2v) is 11.9. The lowest BCUT2D eigenvalue weighted by Gasteiger charge is -2.56. The van der Waals surface area contributed by atoms with Gasteiger partial charge >= 0.3 is 0 Å². The summed E-state index contributed by atoms with van der Waals surface area (Å²) in [7, 11) is 0. The summed E-state index contributed by atoms with van der Waals surface area (Å²) in [4.78, 5) is 13.3. The molecule has 0 aliphatic heterocycles. The highest BCUT2D eigenvalue weighted by Crippen LogP contribution is 2.64. The van der Waals surface area contributed by atoms with E-state index in [1.54, 1.807) is 6.92 Å². The van der Waals surface area contributed by atoms with Crippen molar-refractivity contribution >= 4 is 11.6 Å². The number of ketones is 1. The molecule has 0 heterocycles. The fraction of sp³-hybridized carbons (Fsp3) is 0.923. The molecule has 4 aliphatic rings. The van der Waals surface area contributed by atoms with E-state index in [0.29, 0.717) is 24.1 Å². The van der Waals surface area contributed by atoms with E-state index < -0.39 is 0 Å². The minimum atomic E-state index is 0.107. The van der Waals surface area contributed by atoms with Gasteiger partial charge in [-0.3, -0.25) is 4.79 Å². The first-order chi connectivity index (χ1) is 14.7. The van der Waals surface area contributed by atoms with Gasteiger partial charge in [0.25, 0.3) is 0 Å². The Morgan fingerprint density at radius 1 is 1.19 bits per heavy atom. The molecule has 0 bridgehead atoms. The summed E-state index contributed by atoms with van der Waals surface area (Å²) in [6.45, 7) is 9.30. The molecule has 5 nitrogen and oxygen atoms in total. The molecule has 31 heavy (non-hydrogen) atoms. The summed E-state index contributed by atoms with van der Waals surface area (Å²) < 4.78 is 0. The molecule has 0 aromatic rings. The van der Waals surface area contributed by atoms with Crippen molar-refractivity contribution in [1.29, 1.82) is 0 Å². The monoisotopic (exact) mass is 430 g/mol. The Labute approximate surface area is 189 Å². The number of nitrogens with two attached hydrogens (primary N) is 2. The minimum absolute atomic E-state index is 0.107. The number of hydrogen-bond donors (Lipinski definition) is 2. The molecule has 0 aromatic heterocycles. The van der Waals surface area contributed by atoms with Gasteiger partial charge in [0, 0.05) is 12.3 Å². The van der Waals surface area contributed by atoms with Crippen molar-refractivity contribution in [1.82, 2.24) is 5.12 Å². The first-order valence-corrected chi connectivity index (χ1v) is 13.1. The first kappa shape index (κ1) is 23.1. The van der Waals surface area contributed by atoms with E-state index >= 15 is 0 Å². The molecule has 4 saturated carbocycles. The number of hydrazone groups is 1. The quantitative estimate of drug-likeness (QED) is 0.270. The fourth-order valence-electron chi connectivity index (χ4n) is 9.06. The van der Waals surface area contributed by atoms with E-state index in [2.05, 4.69) is 25.9 Å². The van der Waals surface area contributed by atoms with Crippen LogP contribution in [0.2, 0.25) is 0 Å². The maximum Gasteiger partial charge on any atom is 0.137 e. The lowest BCUT2D eigenvalue weighted by atomic mass is 9.48. The van der Waals surface area contributed by atoms with Gasteiger partial charge in [-0.15, -0.1) is 5.10 Å². The summed E-state index contributed by atoms with van der Waals surface area (Å²) >= 11 is 0. The van der Waals surface area contributed by atoms with E-state index in [-0.39, 0.29) is 17.3 Å². The highest BCUT2D eigenvalue weighted by Gasteiger charge is 2.60. The van der Waals surface area contributed by atoms with Crippen LogP contribution in [0, 0.1) is 52.8 Å². The van der Waals surface area contributed by atoms with Crippen LogP contribution in [-0.2, 0) is 4.79 Å². The molecule has 3 unspecified atom stereocenters. The van der Waals surface area contributed by atoms with Crippen molar-refractivity contribution in [2.45, 2.75) is 91.9 Å². The summed E-state index contributed by atoms with van der Waals surface area (Å²) in [6, 6.07) is 0. The number of carbonyl (C=O) groups is 1. The van der Waals surface area contributed by atoms with Gasteiger partial charge in [-0.25, -0.2) is 11.0 Å². The SMILES string of the molecule is CCC[C@H]1CC[C@@H]2C3CC[C@@]4(C)C(CC(=O)C4[C@@H](C)CN(N)/N=C(/C)N)[C@@H]3CC[C@@H]2C1. The maximum atomic E-state index is 13.3. The third kappa shape index (κ3) is 4.28. The number of hydrazine groups is 1. The minimum Gasteiger partial charge on any atom is -0.386 e. The normalized spacial score (nSPS) is 43.7. The van der Waals surface area contributed by atoms with Crippen LogP contribution in [0.25, 0.3) is 0 Å². The molecule has 4 N–H and O–H groups in total. The smallest absolute Gasteiger partial charge is 0.137 e. The highest BCUT2D eigenvalue weighted by molar-refractivity contribution is 5.85. The van der Waals surface area contributed by atoms with Crippen molar-refractivity contribution in [2.24, 2.45) is 69.4 Å². The Balaban J connectivity index is 1.47. The van der Waals surface area contributed by atoms with Crippen molar-refractivity contribution in [3.63, 3.8) is 0 Å². The average Bonchev–Trinajstić information content (AvgIpc) is 2.97. The number of hydrogen-bond acceptors (Lipinski definition) is 4. The standard InChI is InChI=1S/C26H46N4O/c1-5-6-18-7-9-20-19(13-18)8-10-22-21(20)11-12-26(4)23(22)14-24(31)25(26)16(2)15-30(28)29-17(3)27/h16,18-23,25H,5-15,28H2,1-4H3,(H2,27,29)/t16-,18-,19+,20-,21?,22+,23?,25?,26-/m0/s1. The molecule has 4 fully saturated rings. The van der Waals surface area contributed by atoms with Crippen molar-refractivity contribution in [3.8, 4) is 0 Å². The lowest BCUT2D eigenvalue weighted by molar-refractivity contribution is -0.125. The molecule has 0 saturated heterocycles. The molecular formula is C26H46N4O. The van der Waals surface area contributed by atoms with Gasteiger partial charge in [0.1, 0.15) is 11.6 Å². The largest absolute Gasteiger partial charge is 0.386 e. The van der Waals surface area contributed by atoms with Crippen molar-refractivity contribution in [2.75, 3.05) is 6.54 Å². The third-order valence-electron chi connectivity index (χ3n) is 10.0. The molecule has 0 amide bonds. The number of nitrogens with zero attached hydrogens (tertiary/aromatic N) is 2. The van der Waals surface area contributed by atoms with Crippen LogP contribution in [0.1, 0.15) is 91.9 Å². The number of fused-ring (bicyclic) bond motifs is 5. The zero-order valence-corrected chi connectivity index (χ0v) is 20.4. The lowest BCUT2D eigenvalue weighted by Crippen LogP contribution is -2.50. The van der Waals surface area contributed by atoms with Crippen LogP contribution < -0.4 is 11.6 Å². The summed E-state index contributed by atoms with van der Waals surface area (Å²) in [6.07, 6.45) is 13.3. The zero-order valence-electron chi connectivity index (χ0n) is 20.4. The Morgan fingerprint density at radius 2 is 1.94 bits per heavy atom. The van der Waals surface area contributed by atoms with Gasteiger partial charge in [-0.05, 0) is 92.3 Å². The van der Waals surface area contributed by atoms with Gasteiger partial charge in [-0.1, -0.05) is 40.0 Å². The Morgan fingerprint density at radius 3 is 2.65 bits per heavy atom. The van der Waals surface area contributed by atoms with Gasteiger partial charge in [0.2, 0.25) is 0 Å². The molecule has 0 radical (unpaired) electrons. The van der Waals surface area contributed by atoms with E-state index in [0.717, 1.165) is 36.0 Å². The van der Waals surface area contributed by atoms with Crippen LogP contribution >= 0.6 is 0 Å². The molecule has 4 aliphatic carbocycles. The fourth-order valence-corrected chi connectivity index (χ4v) is 9.06. The van der Waals surface area contributed by atoms with Crippen LogP contribution in [0.4, 0.5) is 0 Å². The third-order valence-corrected chi connectivity index (χ3v) is 10.0. The molecule has 0 spiro atoms. The highest BCUT2D eigenvalue weighted by atomic mass is 16.1. The van der Waals surface area contributed by atoms with Crippen LogP contribution in [0.5, 0.6) is 0 Å². The predicted octanol–water partition coefficient (Wildman–Crippen LogP) is 4.95. The van der Waals surface area contributed by atoms with Gasteiger partial charge in [-0.2, -0.15) is 0 Å². The van der Waals surface area contributed by atoms with E-state index in [9.17, 15) is 4.79 Å². The molecule has 0 aromatic carbocycles. The molecule has 9 atom stereocenters. The van der Waals surface area contributed by atoms with Crippen molar-refractivity contribution < 1.29 is 4.79 Å². The Hall–Kier alpha value is -1.10. The summed E-state index contributed by atoms with van der Waals surface area (Å²) in [5, 5.41) is 5.60. The summed E-state index contributed by atoms with van der Waals surface area (Å²) in [5.74, 6) is 12.4. The Bertz CT molecular complexity index is 689. The average molecular weight is 431 g/mol. The van der Waals surface area contributed by atoms with Crippen LogP contribution in [-0.4, -0.2) is 23.3 Å². The second-order valence-electron chi connectivity index (χ2n) is 11.9. The zero-order chi connectivity index (χ0) is 22.3. The van der Waals surface area contributed by atoms with E-state index in [4.69, 9.17) is 11.6 Å². The van der Waals surface area contributed by atoms with Crippen LogP contribution in [0.3, 0.4) is 0 Å². The van der Waals surface area contributed by atoms with E-state index in [1.165, 1.54) is 62.9 Å². The number of Topliss-reactive ketones (excluding diaryl/α,β-unsaturated/α-hetero) is 1. The van der Waals surface area contributed by atoms with E-state index in [1.807, 2.05) is 0 Å². The molecule has 5 heteroatoms. The Kier molecular flexibility index (Phi) is 6.72. The van der Waals surface area contributed by atoms with Gasteiger partial charge < -0.3 is 5.73 Å². The number of carbonyl (C=O) groups excluding carboxylic acids is 1. The molecule has 4 rings (SSSR count). The van der Waals surface area contributed by atoms with Crippen molar-refractivity contribution in [3.05, 3.63) is 0 Å².